The predicted octanol–water partition coefficient (Wildman–Crippen LogP) is 8.49. The van der Waals surface area contributed by atoms with Crippen molar-refractivity contribution < 1.29 is 18.3 Å². The number of alkyl halides is 3. The lowest BCUT2D eigenvalue weighted by atomic mass is 9.97. The van der Waals surface area contributed by atoms with Crippen LogP contribution in [0.25, 0.3) is 0 Å². The molecule has 0 radical (unpaired) electrons. The number of phenolic OH excluding ortho intramolecular Hbond substituents is 1. The number of nitrogens with zero attached hydrogens (tertiary/aromatic N) is 1. The highest BCUT2D eigenvalue weighted by Gasteiger charge is 2.33. The fourth-order valence-corrected chi connectivity index (χ4v) is 2.70. The maximum Gasteiger partial charge on any atom is 0.417 e. The number of rotatable bonds is 4. The molecule has 0 atom stereocenters. The van der Waals surface area contributed by atoms with Gasteiger partial charge in [0, 0.05) is 11.1 Å². The van der Waals surface area contributed by atoms with Crippen LogP contribution in [0.15, 0.2) is 36.4 Å². The van der Waals surface area contributed by atoms with Crippen molar-refractivity contribution in [2.45, 2.75) is 79.8 Å². The Labute approximate surface area is 197 Å². The Kier molecular flexibility index (Phi) is 14.4. The molecule has 2 aromatic carbocycles. The molecule has 0 saturated heterocycles. The fourth-order valence-electron chi connectivity index (χ4n) is 2.70. The SMILES string of the molecule is CC(C)CCCc1cc(C#N)ccc1C#Cc1ccc(O)cc1C(F)(F)F.CCC.CCC. The summed E-state index contributed by atoms with van der Waals surface area (Å²) in [5.74, 6) is 5.47. The zero-order chi connectivity index (χ0) is 25.4. The quantitative estimate of drug-likeness (QED) is 0.466. The van der Waals surface area contributed by atoms with E-state index < -0.39 is 17.5 Å². The summed E-state index contributed by atoms with van der Waals surface area (Å²) in [6.07, 6.45) is 0.529. The van der Waals surface area contributed by atoms with Gasteiger partial charge in [-0.2, -0.15) is 18.4 Å². The Bertz CT molecular complexity index is 942. The van der Waals surface area contributed by atoms with E-state index in [2.05, 4.69) is 59.5 Å². The van der Waals surface area contributed by atoms with Crippen molar-refractivity contribution in [3.05, 3.63) is 64.2 Å². The number of benzene rings is 2. The van der Waals surface area contributed by atoms with Crippen molar-refractivity contribution >= 4 is 0 Å². The second-order valence-corrected chi connectivity index (χ2v) is 8.16. The van der Waals surface area contributed by atoms with Gasteiger partial charge in [-0.15, -0.1) is 0 Å². The first-order chi connectivity index (χ1) is 15.5. The van der Waals surface area contributed by atoms with E-state index >= 15 is 0 Å². The first-order valence-corrected chi connectivity index (χ1v) is 11.5. The summed E-state index contributed by atoms with van der Waals surface area (Å²) in [6, 6.07) is 10.1. The van der Waals surface area contributed by atoms with Crippen molar-refractivity contribution in [1.29, 1.82) is 5.26 Å². The normalized spacial score (nSPS) is 10.1. The van der Waals surface area contributed by atoms with Crippen LogP contribution in [0.2, 0.25) is 0 Å². The van der Waals surface area contributed by atoms with Crippen LogP contribution < -0.4 is 0 Å². The summed E-state index contributed by atoms with van der Waals surface area (Å²) in [7, 11) is 0. The summed E-state index contributed by atoms with van der Waals surface area (Å²) in [4.78, 5) is 0. The van der Waals surface area contributed by atoms with E-state index in [9.17, 15) is 18.3 Å². The molecule has 0 aliphatic rings. The maximum atomic E-state index is 13.2. The van der Waals surface area contributed by atoms with E-state index in [1.54, 1.807) is 18.2 Å². The van der Waals surface area contributed by atoms with Gasteiger partial charge in [-0.3, -0.25) is 0 Å². The highest BCUT2D eigenvalue weighted by molar-refractivity contribution is 5.53. The Morgan fingerprint density at radius 3 is 1.97 bits per heavy atom. The molecule has 0 spiro atoms. The summed E-state index contributed by atoms with van der Waals surface area (Å²) in [5.41, 5.74) is 0.803. The summed E-state index contributed by atoms with van der Waals surface area (Å²) in [6.45, 7) is 12.7. The molecule has 5 heteroatoms. The lowest BCUT2D eigenvalue weighted by molar-refractivity contribution is -0.137. The molecule has 0 aromatic heterocycles. The highest BCUT2D eigenvalue weighted by Crippen LogP contribution is 2.33. The van der Waals surface area contributed by atoms with Crippen molar-refractivity contribution in [3.63, 3.8) is 0 Å². The Morgan fingerprint density at radius 1 is 0.909 bits per heavy atom. The van der Waals surface area contributed by atoms with E-state index in [-0.39, 0.29) is 5.56 Å². The van der Waals surface area contributed by atoms with Gasteiger partial charge in [0.25, 0.3) is 0 Å². The number of aryl methyl sites for hydroxylation is 1. The molecule has 1 N–H and O–H groups in total. The molecule has 2 nitrogen and oxygen atoms in total. The van der Waals surface area contributed by atoms with Crippen LogP contribution >= 0.6 is 0 Å². The minimum absolute atomic E-state index is 0.196. The molecule has 0 unspecified atom stereocenters. The smallest absolute Gasteiger partial charge is 0.417 e. The lowest BCUT2D eigenvalue weighted by Crippen LogP contribution is -2.07. The number of hydrogen-bond acceptors (Lipinski definition) is 2. The van der Waals surface area contributed by atoms with Crippen LogP contribution in [0.4, 0.5) is 13.2 Å². The van der Waals surface area contributed by atoms with Crippen LogP contribution in [0.1, 0.15) is 95.0 Å². The van der Waals surface area contributed by atoms with E-state index in [1.807, 2.05) is 0 Å². The highest BCUT2D eigenvalue weighted by atomic mass is 19.4. The third kappa shape index (κ3) is 12.0. The molecule has 33 heavy (non-hydrogen) atoms. The molecule has 0 heterocycles. The van der Waals surface area contributed by atoms with Gasteiger partial charge in [0.05, 0.1) is 17.2 Å². The molecule has 0 saturated carbocycles. The van der Waals surface area contributed by atoms with Gasteiger partial charge in [-0.1, -0.05) is 72.6 Å². The third-order valence-corrected chi connectivity index (χ3v) is 4.10. The second kappa shape index (κ2) is 15.8. The summed E-state index contributed by atoms with van der Waals surface area (Å²) < 4.78 is 39.5. The monoisotopic (exact) mass is 459 g/mol. The van der Waals surface area contributed by atoms with E-state index in [1.165, 1.54) is 18.9 Å². The number of nitriles is 1. The molecular formula is C28H36F3NO. The standard InChI is InChI=1S/C22H20F3NO.2C3H8/c1-15(2)4-3-5-19-12-16(14-26)6-7-17(19)8-9-18-10-11-20(27)13-21(18)22(23,24)25;2*1-3-2/h6-7,10-13,15,27H,3-5H2,1-2H3;2*3H2,1-2H3. The van der Waals surface area contributed by atoms with E-state index in [0.29, 0.717) is 29.5 Å². The largest absolute Gasteiger partial charge is 0.508 e. The summed E-state index contributed by atoms with van der Waals surface area (Å²) >= 11 is 0. The molecule has 2 aromatic rings. The van der Waals surface area contributed by atoms with Crippen molar-refractivity contribution in [2.75, 3.05) is 0 Å². The molecule has 0 aliphatic carbocycles. The van der Waals surface area contributed by atoms with E-state index in [4.69, 9.17) is 5.26 Å². The average molecular weight is 460 g/mol. The molecule has 0 aliphatic heterocycles. The number of aromatic hydroxyl groups is 1. The van der Waals surface area contributed by atoms with Gasteiger partial charge in [0.15, 0.2) is 0 Å². The molecule has 0 fully saturated rings. The second-order valence-electron chi connectivity index (χ2n) is 8.16. The molecular weight excluding hydrogens is 423 g/mol. The predicted molar refractivity (Wildman–Crippen MR) is 130 cm³/mol. The number of hydrogen-bond donors (Lipinski definition) is 1. The zero-order valence-corrected chi connectivity index (χ0v) is 20.6. The molecule has 2 rings (SSSR count). The first-order valence-electron chi connectivity index (χ1n) is 11.5. The van der Waals surface area contributed by atoms with Crippen LogP contribution in [0, 0.1) is 29.1 Å². The topological polar surface area (TPSA) is 44.0 Å². The molecule has 180 valence electrons. The van der Waals surface area contributed by atoms with E-state index in [0.717, 1.165) is 24.5 Å². The minimum Gasteiger partial charge on any atom is -0.508 e. The van der Waals surface area contributed by atoms with Gasteiger partial charge < -0.3 is 5.11 Å². The van der Waals surface area contributed by atoms with Crippen molar-refractivity contribution in [3.8, 4) is 23.7 Å². The van der Waals surface area contributed by atoms with Crippen LogP contribution in [-0.2, 0) is 12.6 Å². The van der Waals surface area contributed by atoms with Gasteiger partial charge in [0.1, 0.15) is 5.75 Å². The Morgan fingerprint density at radius 2 is 1.45 bits per heavy atom. The van der Waals surface area contributed by atoms with Gasteiger partial charge in [-0.05, 0) is 60.7 Å². The fraction of sp³-hybridized carbons (Fsp3) is 0.464. The van der Waals surface area contributed by atoms with Crippen molar-refractivity contribution in [2.24, 2.45) is 5.92 Å². The Hall–Kier alpha value is -2.92. The van der Waals surface area contributed by atoms with Crippen LogP contribution in [0.3, 0.4) is 0 Å². The number of halogens is 3. The maximum absolute atomic E-state index is 13.2. The summed E-state index contributed by atoms with van der Waals surface area (Å²) in [5, 5.41) is 18.4. The average Bonchev–Trinajstić information content (AvgIpc) is 2.73. The molecule has 0 bridgehead atoms. The van der Waals surface area contributed by atoms with Gasteiger partial charge in [-0.25, -0.2) is 0 Å². The molecule has 0 amide bonds. The lowest BCUT2D eigenvalue weighted by Gasteiger charge is -2.10. The van der Waals surface area contributed by atoms with Gasteiger partial charge in [0.2, 0.25) is 0 Å². The third-order valence-electron chi connectivity index (χ3n) is 4.10. The Balaban J connectivity index is 0.00000154. The van der Waals surface area contributed by atoms with Gasteiger partial charge >= 0.3 is 6.18 Å². The minimum atomic E-state index is -4.60. The van der Waals surface area contributed by atoms with Crippen molar-refractivity contribution in [1.82, 2.24) is 0 Å². The van der Waals surface area contributed by atoms with Crippen LogP contribution in [-0.4, -0.2) is 5.11 Å². The van der Waals surface area contributed by atoms with Crippen LogP contribution in [0.5, 0.6) is 5.75 Å². The first kappa shape index (κ1) is 30.1. The zero-order valence-electron chi connectivity index (χ0n) is 20.6. The number of phenols is 1.